The molecule has 0 heterocycles. The first-order chi connectivity index (χ1) is 8.02. The van der Waals surface area contributed by atoms with Gasteiger partial charge in [0.15, 0.2) is 0 Å². The fraction of sp³-hybridized carbons (Fsp3) is 0.231. The minimum absolute atomic E-state index is 0.222. The van der Waals surface area contributed by atoms with E-state index in [4.69, 9.17) is 16.6 Å². The van der Waals surface area contributed by atoms with E-state index >= 15 is 0 Å². The molecular weight excluding hydrogens is 220 g/mol. The molecule has 0 aromatic heterocycles. The van der Waals surface area contributed by atoms with Gasteiger partial charge in [-0.15, -0.1) is 6.42 Å². The Balaban J connectivity index is 2.99. The third-order valence-corrected chi connectivity index (χ3v) is 2.37. The number of carbonyl (C=O) groups is 2. The zero-order valence-electron chi connectivity index (χ0n) is 9.09. The van der Waals surface area contributed by atoms with Crippen LogP contribution in [0.4, 0.5) is 0 Å². The summed E-state index contributed by atoms with van der Waals surface area (Å²) in [5, 5.41) is 17.5. The van der Waals surface area contributed by atoms with Crippen LogP contribution in [0.5, 0.6) is 0 Å². The second kappa shape index (κ2) is 5.71. The van der Waals surface area contributed by atoms with Gasteiger partial charge in [-0.25, -0.2) is 0 Å². The summed E-state index contributed by atoms with van der Waals surface area (Å²) in [6.07, 6.45) is 4.79. The molecule has 0 spiro atoms. The lowest BCUT2D eigenvalue weighted by atomic mass is 9.91. The Labute approximate surface area is 98.9 Å². The number of rotatable bonds is 5. The standard InChI is InChI=1S/C13H12O4/c1-2-9-4-3-5-10(6-9)11(7-12(14)15)8-13(16)17/h1,3-6,11H,7-8H2,(H,14,15)(H,16,17). The Morgan fingerprint density at radius 1 is 1.24 bits per heavy atom. The summed E-state index contributed by atoms with van der Waals surface area (Å²) in [6.45, 7) is 0. The predicted octanol–water partition coefficient (Wildman–Crippen LogP) is 1.70. The van der Waals surface area contributed by atoms with E-state index in [0.717, 1.165) is 0 Å². The Hall–Kier alpha value is -2.28. The highest BCUT2D eigenvalue weighted by molar-refractivity contribution is 5.72. The fourth-order valence-corrected chi connectivity index (χ4v) is 1.61. The number of benzene rings is 1. The van der Waals surface area contributed by atoms with Crippen LogP contribution < -0.4 is 0 Å². The van der Waals surface area contributed by atoms with Crippen LogP contribution >= 0.6 is 0 Å². The van der Waals surface area contributed by atoms with Crippen LogP contribution in [0, 0.1) is 12.3 Å². The maximum Gasteiger partial charge on any atom is 0.303 e. The monoisotopic (exact) mass is 232 g/mol. The zero-order chi connectivity index (χ0) is 12.8. The molecule has 88 valence electrons. The van der Waals surface area contributed by atoms with Crippen molar-refractivity contribution in [3.8, 4) is 12.3 Å². The van der Waals surface area contributed by atoms with Gasteiger partial charge in [-0.1, -0.05) is 18.1 Å². The molecule has 0 aliphatic heterocycles. The first-order valence-corrected chi connectivity index (χ1v) is 5.03. The van der Waals surface area contributed by atoms with Crippen molar-refractivity contribution in [3.63, 3.8) is 0 Å². The van der Waals surface area contributed by atoms with Crippen LogP contribution in [0.15, 0.2) is 24.3 Å². The maximum atomic E-state index is 10.7. The summed E-state index contributed by atoms with van der Waals surface area (Å²) < 4.78 is 0. The lowest BCUT2D eigenvalue weighted by Crippen LogP contribution is -2.11. The van der Waals surface area contributed by atoms with Crippen molar-refractivity contribution in [2.75, 3.05) is 0 Å². The fourth-order valence-electron chi connectivity index (χ4n) is 1.61. The molecule has 0 aliphatic rings. The van der Waals surface area contributed by atoms with Gasteiger partial charge in [0.2, 0.25) is 0 Å². The van der Waals surface area contributed by atoms with Crippen LogP contribution in [0.2, 0.25) is 0 Å². The number of carboxylic acids is 2. The van der Waals surface area contributed by atoms with Crippen molar-refractivity contribution < 1.29 is 19.8 Å². The van der Waals surface area contributed by atoms with Crippen molar-refractivity contribution in [1.29, 1.82) is 0 Å². The number of terminal acetylenes is 1. The first kappa shape index (κ1) is 12.8. The van der Waals surface area contributed by atoms with E-state index in [2.05, 4.69) is 5.92 Å². The smallest absolute Gasteiger partial charge is 0.303 e. The quantitative estimate of drug-likeness (QED) is 0.758. The molecule has 0 unspecified atom stereocenters. The van der Waals surface area contributed by atoms with Gasteiger partial charge in [0.1, 0.15) is 0 Å². The summed E-state index contributed by atoms with van der Waals surface area (Å²) >= 11 is 0. The molecule has 0 bridgehead atoms. The molecule has 0 radical (unpaired) electrons. The van der Waals surface area contributed by atoms with Crippen molar-refractivity contribution in [1.82, 2.24) is 0 Å². The highest BCUT2D eigenvalue weighted by Crippen LogP contribution is 2.24. The number of carboxylic acid groups (broad SMARTS) is 2. The minimum Gasteiger partial charge on any atom is -0.481 e. The van der Waals surface area contributed by atoms with Gasteiger partial charge in [-0.3, -0.25) is 9.59 Å². The minimum atomic E-state index is -1.03. The summed E-state index contributed by atoms with van der Waals surface area (Å²) in [7, 11) is 0. The highest BCUT2D eigenvalue weighted by Gasteiger charge is 2.19. The van der Waals surface area contributed by atoms with Crippen LogP contribution in [0.3, 0.4) is 0 Å². The summed E-state index contributed by atoms with van der Waals surface area (Å²) in [5.74, 6) is -0.174. The van der Waals surface area contributed by atoms with E-state index in [9.17, 15) is 9.59 Å². The SMILES string of the molecule is C#Cc1cccc(C(CC(=O)O)CC(=O)O)c1. The molecule has 1 aromatic rings. The van der Waals surface area contributed by atoms with Crippen molar-refractivity contribution in [2.24, 2.45) is 0 Å². The molecule has 4 heteroatoms. The molecule has 1 aromatic carbocycles. The van der Waals surface area contributed by atoms with E-state index < -0.39 is 17.9 Å². The van der Waals surface area contributed by atoms with Crippen LogP contribution in [-0.4, -0.2) is 22.2 Å². The summed E-state index contributed by atoms with van der Waals surface area (Å²) in [5.41, 5.74) is 1.26. The van der Waals surface area contributed by atoms with Crippen LogP contribution in [-0.2, 0) is 9.59 Å². The van der Waals surface area contributed by atoms with Gasteiger partial charge in [0, 0.05) is 11.5 Å². The predicted molar refractivity (Wildman–Crippen MR) is 61.6 cm³/mol. The lowest BCUT2D eigenvalue weighted by Gasteiger charge is -2.13. The molecule has 17 heavy (non-hydrogen) atoms. The molecule has 0 saturated carbocycles. The van der Waals surface area contributed by atoms with Crippen molar-refractivity contribution in [3.05, 3.63) is 35.4 Å². The van der Waals surface area contributed by atoms with Gasteiger partial charge in [-0.2, -0.15) is 0 Å². The van der Waals surface area contributed by atoms with Gasteiger partial charge in [-0.05, 0) is 17.7 Å². The molecule has 1 rings (SSSR count). The maximum absolute atomic E-state index is 10.7. The van der Waals surface area contributed by atoms with E-state index in [1.165, 1.54) is 0 Å². The molecule has 2 N–H and O–H groups in total. The number of hydrogen-bond acceptors (Lipinski definition) is 2. The van der Waals surface area contributed by atoms with Crippen LogP contribution in [0.1, 0.15) is 29.9 Å². The second-order valence-electron chi connectivity index (χ2n) is 3.66. The molecule has 0 fully saturated rings. The second-order valence-corrected chi connectivity index (χ2v) is 3.66. The third-order valence-electron chi connectivity index (χ3n) is 2.37. The van der Waals surface area contributed by atoms with E-state index in [1.54, 1.807) is 24.3 Å². The van der Waals surface area contributed by atoms with E-state index in [1.807, 2.05) is 0 Å². The van der Waals surface area contributed by atoms with Gasteiger partial charge < -0.3 is 10.2 Å². The van der Waals surface area contributed by atoms with Gasteiger partial charge in [0.25, 0.3) is 0 Å². The molecule has 0 atom stereocenters. The van der Waals surface area contributed by atoms with Gasteiger partial charge >= 0.3 is 11.9 Å². The normalized spacial score (nSPS) is 9.88. The number of aliphatic carboxylic acids is 2. The lowest BCUT2D eigenvalue weighted by molar-refractivity contribution is -0.139. The first-order valence-electron chi connectivity index (χ1n) is 5.03. The molecular formula is C13H12O4. The van der Waals surface area contributed by atoms with E-state index in [0.29, 0.717) is 11.1 Å². The average molecular weight is 232 g/mol. The molecule has 4 nitrogen and oxygen atoms in total. The zero-order valence-corrected chi connectivity index (χ0v) is 9.09. The largest absolute Gasteiger partial charge is 0.481 e. The average Bonchev–Trinajstić information content (AvgIpc) is 2.27. The van der Waals surface area contributed by atoms with Crippen molar-refractivity contribution in [2.45, 2.75) is 18.8 Å². The Morgan fingerprint density at radius 3 is 2.29 bits per heavy atom. The molecule has 0 amide bonds. The summed E-state index contributed by atoms with van der Waals surface area (Å²) in [6, 6.07) is 6.75. The molecule has 0 aliphatic carbocycles. The highest BCUT2D eigenvalue weighted by atomic mass is 16.4. The third kappa shape index (κ3) is 3.99. The number of hydrogen-bond donors (Lipinski definition) is 2. The van der Waals surface area contributed by atoms with Gasteiger partial charge in [0.05, 0.1) is 12.8 Å². The van der Waals surface area contributed by atoms with E-state index in [-0.39, 0.29) is 12.8 Å². The molecule has 0 saturated heterocycles. The topological polar surface area (TPSA) is 74.6 Å². The summed E-state index contributed by atoms with van der Waals surface area (Å²) in [4.78, 5) is 21.4. The van der Waals surface area contributed by atoms with Crippen molar-refractivity contribution >= 4 is 11.9 Å². The Bertz CT molecular complexity index is 455. The Morgan fingerprint density at radius 2 is 1.82 bits per heavy atom. The Kier molecular flexibility index (Phi) is 4.29. The van der Waals surface area contributed by atoms with Crippen LogP contribution in [0.25, 0.3) is 0 Å².